The highest BCUT2D eigenvalue weighted by atomic mass is 16.4. The zero-order chi connectivity index (χ0) is 15.5. The molecule has 2 fully saturated rings. The standard InChI is InChI=1S/C19H26O3/c20-18-16(19(21)22)12-11-15(13-7-3-1-4-8-13)17(18)14-9-5-2-6-10-14/h11-14,20H,1-10H2,(H,21,22). The number of hydrogen-bond acceptors (Lipinski definition) is 2. The minimum atomic E-state index is -1.02. The van der Waals surface area contributed by atoms with Gasteiger partial charge in [0, 0.05) is 5.56 Å². The van der Waals surface area contributed by atoms with Crippen molar-refractivity contribution >= 4 is 5.97 Å². The summed E-state index contributed by atoms with van der Waals surface area (Å²) in [5.41, 5.74) is 2.26. The van der Waals surface area contributed by atoms with E-state index >= 15 is 0 Å². The summed E-state index contributed by atoms with van der Waals surface area (Å²) in [6.45, 7) is 0. The highest BCUT2D eigenvalue weighted by Gasteiger charge is 2.28. The molecule has 2 aliphatic carbocycles. The zero-order valence-corrected chi connectivity index (χ0v) is 13.2. The molecule has 1 aromatic rings. The lowest BCUT2D eigenvalue weighted by Gasteiger charge is -2.30. The highest BCUT2D eigenvalue weighted by molar-refractivity contribution is 5.91. The largest absolute Gasteiger partial charge is 0.507 e. The maximum absolute atomic E-state index is 11.4. The Balaban J connectivity index is 2.03. The summed E-state index contributed by atoms with van der Waals surface area (Å²) in [4.78, 5) is 11.4. The van der Waals surface area contributed by atoms with Crippen LogP contribution in [-0.4, -0.2) is 16.2 Å². The monoisotopic (exact) mass is 302 g/mol. The van der Waals surface area contributed by atoms with Crippen LogP contribution < -0.4 is 0 Å². The van der Waals surface area contributed by atoms with Crippen molar-refractivity contribution in [1.29, 1.82) is 0 Å². The van der Waals surface area contributed by atoms with Gasteiger partial charge in [-0.2, -0.15) is 0 Å². The second-order valence-electron chi connectivity index (χ2n) is 6.94. The molecule has 0 bridgehead atoms. The second-order valence-corrected chi connectivity index (χ2v) is 6.94. The Morgan fingerprint density at radius 1 is 0.864 bits per heavy atom. The Hall–Kier alpha value is -1.51. The van der Waals surface area contributed by atoms with Crippen molar-refractivity contribution in [2.45, 2.75) is 76.0 Å². The molecule has 0 atom stereocenters. The average Bonchev–Trinajstić information content (AvgIpc) is 2.55. The van der Waals surface area contributed by atoms with Crippen molar-refractivity contribution < 1.29 is 15.0 Å². The van der Waals surface area contributed by atoms with Crippen LogP contribution in [0, 0.1) is 0 Å². The predicted molar refractivity (Wildman–Crippen MR) is 86.7 cm³/mol. The van der Waals surface area contributed by atoms with Gasteiger partial charge in [-0.1, -0.05) is 44.6 Å². The Bertz CT molecular complexity index is 538. The summed E-state index contributed by atoms with van der Waals surface area (Å²) >= 11 is 0. The summed E-state index contributed by atoms with van der Waals surface area (Å²) in [6.07, 6.45) is 11.9. The second kappa shape index (κ2) is 6.72. The average molecular weight is 302 g/mol. The SMILES string of the molecule is O=C(O)c1ccc(C2CCCCC2)c(C2CCCCC2)c1O. The van der Waals surface area contributed by atoms with Gasteiger partial charge in [0.25, 0.3) is 0 Å². The highest BCUT2D eigenvalue weighted by Crippen LogP contribution is 2.45. The van der Waals surface area contributed by atoms with E-state index in [4.69, 9.17) is 0 Å². The summed E-state index contributed by atoms with van der Waals surface area (Å²) < 4.78 is 0. The maximum Gasteiger partial charge on any atom is 0.339 e. The quantitative estimate of drug-likeness (QED) is 0.808. The number of benzene rings is 1. The molecule has 0 heterocycles. The number of rotatable bonds is 3. The van der Waals surface area contributed by atoms with E-state index in [1.165, 1.54) is 56.9 Å². The minimum Gasteiger partial charge on any atom is -0.507 e. The molecule has 0 aliphatic heterocycles. The molecular formula is C19H26O3. The lowest BCUT2D eigenvalue weighted by molar-refractivity contribution is 0.0693. The third-order valence-electron chi connectivity index (χ3n) is 5.54. The summed E-state index contributed by atoms with van der Waals surface area (Å²) in [6, 6.07) is 3.59. The normalized spacial score (nSPS) is 20.9. The van der Waals surface area contributed by atoms with Gasteiger partial charge in [-0.15, -0.1) is 0 Å². The lowest BCUT2D eigenvalue weighted by Crippen LogP contribution is -2.14. The van der Waals surface area contributed by atoms with Crippen molar-refractivity contribution in [3.63, 3.8) is 0 Å². The van der Waals surface area contributed by atoms with Gasteiger partial charge >= 0.3 is 5.97 Å². The van der Waals surface area contributed by atoms with Gasteiger partial charge in [0.05, 0.1) is 0 Å². The van der Waals surface area contributed by atoms with Crippen molar-refractivity contribution in [2.75, 3.05) is 0 Å². The molecule has 0 saturated heterocycles. The summed E-state index contributed by atoms with van der Waals surface area (Å²) in [5, 5.41) is 20.0. The Kier molecular flexibility index (Phi) is 4.70. The van der Waals surface area contributed by atoms with Crippen LogP contribution in [0.4, 0.5) is 0 Å². The molecule has 3 heteroatoms. The van der Waals surface area contributed by atoms with Crippen LogP contribution in [0.5, 0.6) is 5.75 Å². The molecule has 22 heavy (non-hydrogen) atoms. The molecule has 0 radical (unpaired) electrons. The van der Waals surface area contributed by atoms with Crippen LogP contribution in [-0.2, 0) is 0 Å². The van der Waals surface area contributed by atoms with E-state index in [0.717, 1.165) is 18.4 Å². The fraction of sp³-hybridized carbons (Fsp3) is 0.632. The van der Waals surface area contributed by atoms with Crippen LogP contribution in [0.15, 0.2) is 12.1 Å². The fourth-order valence-corrected chi connectivity index (χ4v) is 4.39. The third-order valence-corrected chi connectivity index (χ3v) is 5.54. The van der Waals surface area contributed by atoms with Gasteiger partial charge in [-0.05, 0) is 49.1 Å². The van der Waals surface area contributed by atoms with E-state index in [9.17, 15) is 15.0 Å². The first kappa shape index (κ1) is 15.4. The molecule has 0 unspecified atom stereocenters. The van der Waals surface area contributed by atoms with Crippen molar-refractivity contribution in [3.8, 4) is 5.75 Å². The molecule has 1 aromatic carbocycles. The van der Waals surface area contributed by atoms with E-state index in [0.29, 0.717) is 11.8 Å². The van der Waals surface area contributed by atoms with Crippen molar-refractivity contribution in [2.24, 2.45) is 0 Å². The van der Waals surface area contributed by atoms with Gasteiger partial charge in [0.1, 0.15) is 11.3 Å². The molecule has 2 aliphatic rings. The number of carbonyl (C=O) groups is 1. The number of hydrogen-bond donors (Lipinski definition) is 2. The molecule has 3 nitrogen and oxygen atoms in total. The van der Waals surface area contributed by atoms with Gasteiger partial charge in [-0.25, -0.2) is 4.79 Å². The van der Waals surface area contributed by atoms with E-state index in [1.807, 2.05) is 6.07 Å². The zero-order valence-electron chi connectivity index (χ0n) is 13.2. The van der Waals surface area contributed by atoms with Crippen molar-refractivity contribution in [3.05, 3.63) is 28.8 Å². The number of phenols is 1. The van der Waals surface area contributed by atoms with Crippen LogP contribution in [0.25, 0.3) is 0 Å². The summed E-state index contributed by atoms with van der Waals surface area (Å²) in [7, 11) is 0. The van der Waals surface area contributed by atoms with Crippen molar-refractivity contribution in [1.82, 2.24) is 0 Å². The Morgan fingerprint density at radius 3 is 1.95 bits per heavy atom. The molecule has 2 saturated carbocycles. The third kappa shape index (κ3) is 2.99. The molecule has 3 rings (SSSR count). The van der Waals surface area contributed by atoms with Crippen LogP contribution in [0.3, 0.4) is 0 Å². The molecule has 0 aromatic heterocycles. The number of aromatic hydroxyl groups is 1. The summed E-state index contributed by atoms with van der Waals surface area (Å²) in [5.74, 6) is -0.142. The first-order valence-corrected chi connectivity index (χ1v) is 8.77. The number of carboxylic acids is 1. The van der Waals surface area contributed by atoms with E-state index in [-0.39, 0.29) is 11.3 Å². The van der Waals surface area contributed by atoms with E-state index < -0.39 is 5.97 Å². The molecular weight excluding hydrogens is 276 g/mol. The van der Waals surface area contributed by atoms with Crippen LogP contribution in [0.1, 0.15) is 97.5 Å². The topological polar surface area (TPSA) is 57.5 Å². The van der Waals surface area contributed by atoms with Crippen LogP contribution in [0.2, 0.25) is 0 Å². The molecule has 0 spiro atoms. The van der Waals surface area contributed by atoms with E-state index in [1.54, 1.807) is 6.07 Å². The predicted octanol–water partition coefficient (Wildman–Crippen LogP) is 5.19. The van der Waals surface area contributed by atoms with Gasteiger partial charge in [-0.3, -0.25) is 0 Å². The number of carboxylic acid groups (broad SMARTS) is 1. The molecule has 0 amide bonds. The van der Waals surface area contributed by atoms with Gasteiger partial charge < -0.3 is 10.2 Å². The van der Waals surface area contributed by atoms with E-state index in [2.05, 4.69) is 0 Å². The number of aromatic carboxylic acids is 1. The molecule has 120 valence electrons. The fourth-order valence-electron chi connectivity index (χ4n) is 4.39. The molecule has 2 N–H and O–H groups in total. The first-order valence-electron chi connectivity index (χ1n) is 8.77. The lowest BCUT2D eigenvalue weighted by atomic mass is 9.75. The van der Waals surface area contributed by atoms with Crippen LogP contribution >= 0.6 is 0 Å². The van der Waals surface area contributed by atoms with Gasteiger partial charge in [0.2, 0.25) is 0 Å². The Morgan fingerprint density at radius 2 is 1.41 bits per heavy atom. The minimum absolute atomic E-state index is 0.0440. The first-order chi connectivity index (χ1) is 10.7. The smallest absolute Gasteiger partial charge is 0.339 e. The van der Waals surface area contributed by atoms with Gasteiger partial charge in [0.15, 0.2) is 0 Å². The maximum atomic E-state index is 11.4. The Labute approximate surface area is 132 Å².